The van der Waals surface area contributed by atoms with E-state index in [9.17, 15) is 9.59 Å². The number of nitrogens with one attached hydrogen (secondary N) is 1. The number of hydrogen-bond acceptors (Lipinski definition) is 5. The smallest absolute Gasteiger partial charge is 0.252 e. The summed E-state index contributed by atoms with van der Waals surface area (Å²) >= 11 is 0. The third-order valence-corrected chi connectivity index (χ3v) is 5.40. The van der Waals surface area contributed by atoms with Crippen LogP contribution in [0.3, 0.4) is 0 Å². The first-order valence-corrected chi connectivity index (χ1v) is 9.60. The molecule has 7 heteroatoms. The number of aromatic nitrogens is 2. The van der Waals surface area contributed by atoms with Crippen LogP contribution in [0.4, 0.5) is 11.6 Å². The number of carbonyl (C=O) groups is 1. The highest BCUT2D eigenvalue weighted by molar-refractivity contribution is 5.97. The topological polar surface area (TPSA) is 72.5 Å². The van der Waals surface area contributed by atoms with Crippen molar-refractivity contribution < 1.29 is 4.79 Å². The SMILES string of the molecule is Cc1cccc(N2CC(c3cc(=O)[nH]c(N(C)CCN(C)C)n3)CC2=O)c1C. The first-order valence-electron chi connectivity index (χ1n) is 9.60. The van der Waals surface area contributed by atoms with E-state index in [1.807, 2.05) is 63.0 Å². The van der Waals surface area contributed by atoms with E-state index in [0.717, 1.165) is 29.9 Å². The van der Waals surface area contributed by atoms with E-state index in [4.69, 9.17) is 0 Å². The molecule has 28 heavy (non-hydrogen) atoms. The van der Waals surface area contributed by atoms with Crippen molar-refractivity contribution in [2.24, 2.45) is 0 Å². The quantitative estimate of drug-likeness (QED) is 0.825. The molecule has 1 aliphatic heterocycles. The van der Waals surface area contributed by atoms with Crippen molar-refractivity contribution in [3.63, 3.8) is 0 Å². The number of nitrogens with zero attached hydrogens (tertiary/aromatic N) is 4. The van der Waals surface area contributed by atoms with E-state index in [0.29, 0.717) is 24.6 Å². The van der Waals surface area contributed by atoms with Crippen LogP contribution in [0.25, 0.3) is 0 Å². The van der Waals surface area contributed by atoms with Crippen LogP contribution in [0.1, 0.15) is 29.2 Å². The monoisotopic (exact) mass is 383 g/mol. The molecule has 1 atom stereocenters. The Morgan fingerprint density at radius 1 is 1.18 bits per heavy atom. The van der Waals surface area contributed by atoms with Crippen molar-refractivity contribution in [3.8, 4) is 0 Å². The Kier molecular flexibility index (Phi) is 5.84. The number of benzene rings is 1. The number of anilines is 2. The lowest BCUT2D eigenvalue weighted by Gasteiger charge is -2.22. The average Bonchev–Trinajstić information content (AvgIpc) is 3.03. The summed E-state index contributed by atoms with van der Waals surface area (Å²) in [6.07, 6.45) is 0.366. The molecule has 0 saturated carbocycles. The van der Waals surface area contributed by atoms with Crippen LogP contribution in [0, 0.1) is 13.8 Å². The van der Waals surface area contributed by atoms with E-state index >= 15 is 0 Å². The molecule has 1 fully saturated rings. The maximum atomic E-state index is 12.7. The normalized spacial score (nSPS) is 16.9. The van der Waals surface area contributed by atoms with E-state index < -0.39 is 0 Å². The molecule has 1 N–H and O–H groups in total. The summed E-state index contributed by atoms with van der Waals surface area (Å²) in [5, 5.41) is 0. The zero-order valence-electron chi connectivity index (χ0n) is 17.3. The van der Waals surface area contributed by atoms with Gasteiger partial charge in [-0.2, -0.15) is 0 Å². The predicted octanol–water partition coefficient (Wildman–Crippen LogP) is 1.91. The first-order chi connectivity index (χ1) is 13.3. The molecule has 1 aromatic carbocycles. The minimum absolute atomic E-state index is 0.0725. The van der Waals surface area contributed by atoms with Crippen molar-refractivity contribution in [3.05, 3.63) is 51.4 Å². The molecular formula is C21H29N5O2. The van der Waals surface area contributed by atoms with Crippen LogP contribution < -0.4 is 15.4 Å². The van der Waals surface area contributed by atoms with E-state index in [1.54, 1.807) is 0 Å². The van der Waals surface area contributed by atoms with Gasteiger partial charge in [0.25, 0.3) is 5.56 Å². The molecule has 1 amide bonds. The highest BCUT2D eigenvalue weighted by atomic mass is 16.2. The third-order valence-electron chi connectivity index (χ3n) is 5.40. The molecule has 7 nitrogen and oxygen atoms in total. The Morgan fingerprint density at radius 3 is 2.64 bits per heavy atom. The summed E-state index contributed by atoms with van der Waals surface area (Å²) < 4.78 is 0. The van der Waals surface area contributed by atoms with E-state index in [-0.39, 0.29) is 17.4 Å². The number of hydrogen-bond donors (Lipinski definition) is 1. The van der Waals surface area contributed by atoms with Gasteiger partial charge in [0, 0.05) is 50.8 Å². The van der Waals surface area contributed by atoms with Crippen LogP contribution in [-0.4, -0.2) is 61.6 Å². The Hall–Kier alpha value is -2.67. The molecule has 2 aromatic rings. The summed E-state index contributed by atoms with van der Waals surface area (Å²) in [4.78, 5) is 38.2. The summed E-state index contributed by atoms with van der Waals surface area (Å²) in [6, 6.07) is 7.52. The van der Waals surface area contributed by atoms with Gasteiger partial charge in [0.15, 0.2) is 0 Å². The molecule has 0 aliphatic carbocycles. The Labute approximate surface area is 166 Å². The molecule has 0 spiro atoms. The van der Waals surface area contributed by atoms with E-state index in [2.05, 4.69) is 14.9 Å². The second kappa shape index (κ2) is 8.14. The van der Waals surface area contributed by atoms with Crippen molar-refractivity contribution in [1.29, 1.82) is 0 Å². The highest BCUT2D eigenvalue weighted by Gasteiger charge is 2.33. The summed E-state index contributed by atoms with van der Waals surface area (Å²) in [7, 11) is 5.92. The lowest BCUT2D eigenvalue weighted by atomic mass is 10.0. The molecule has 3 rings (SSSR count). The third kappa shape index (κ3) is 4.25. The molecular weight excluding hydrogens is 354 g/mol. The fourth-order valence-electron chi connectivity index (χ4n) is 3.48. The van der Waals surface area contributed by atoms with Crippen LogP contribution in [0.15, 0.2) is 29.1 Å². The van der Waals surface area contributed by atoms with E-state index in [1.165, 1.54) is 6.07 Å². The molecule has 1 aromatic heterocycles. The number of aryl methyl sites for hydroxylation is 1. The van der Waals surface area contributed by atoms with Gasteiger partial charge in [-0.1, -0.05) is 12.1 Å². The van der Waals surface area contributed by atoms with Gasteiger partial charge >= 0.3 is 0 Å². The zero-order chi connectivity index (χ0) is 20.4. The predicted molar refractivity (Wildman–Crippen MR) is 112 cm³/mol. The van der Waals surface area contributed by atoms with Crippen LogP contribution >= 0.6 is 0 Å². The van der Waals surface area contributed by atoms with Gasteiger partial charge in [0.2, 0.25) is 11.9 Å². The summed E-state index contributed by atoms with van der Waals surface area (Å²) in [5.41, 5.74) is 3.71. The van der Waals surface area contributed by atoms with Crippen LogP contribution in [-0.2, 0) is 4.79 Å². The van der Waals surface area contributed by atoms with Crippen LogP contribution in [0.2, 0.25) is 0 Å². The molecule has 2 heterocycles. The number of amides is 1. The number of rotatable bonds is 6. The summed E-state index contributed by atoms with van der Waals surface area (Å²) in [6.45, 7) is 6.23. The Bertz CT molecular complexity index is 921. The van der Waals surface area contributed by atoms with Gasteiger partial charge in [-0.15, -0.1) is 0 Å². The highest BCUT2D eigenvalue weighted by Crippen LogP contribution is 2.33. The van der Waals surface area contributed by atoms with Crippen molar-refractivity contribution in [2.45, 2.75) is 26.2 Å². The minimum Gasteiger partial charge on any atom is -0.344 e. The van der Waals surface area contributed by atoms with Gasteiger partial charge in [-0.25, -0.2) is 4.98 Å². The Morgan fingerprint density at radius 2 is 1.93 bits per heavy atom. The number of aromatic amines is 1. The first kappa shape index (κ1) is 20.1. The average molecular weight is 383 g/mol. The van der Waals surface area contributed by atoms with Crippen molar-refractivity contribution in [2.75, 3.05) is 50.6 Å². The lowest BCUT2D eigenvalue weighted by Crippen LogP contribution is -2.31. The maximum absolute atomic E-state index is 12.7. The van der Waals surface area contributed by atoms with Gasteiger partial charge in [0.05, 0.1) is 5.69 Å². The van der Waals surface area contributed by atoms with Crippen molar-refractivity contribution >= 4 is 17.5 Å². The van der Waals surface area contributed by atoms with Gasteiger partial charge in [-0.05, 0) is 45.1 Å². The Balaban J connectivity index is 1.83. The van der Waals surface area contributed by atoms with Gasteiger partial charge < -0.3 is 14.7 Å². The molecule has 0 bridgehead atoms. The molecule has 1 aliphatic rings. The summed E-state index contributed by atoms with van der Waals surface area (Å²) in [5.74, 6) is 0.529. The lowest BCUT2D eigenvalue weighted by molar-refractivity contribution is -0.117. The fraction of sp³-hybridized carbons (Fsp3) is 0.476. The number of H-pyrrole nitrogens is 1. The molecule has 150 valence electrons. The molecule has 1 saturated heterocycles. The molecule has 0 radical (unpaired) electrons. The largest absolute Gasteiger partial charge is 0.344 e. The maximum Gasteiger partial charge on any atom is 0.252 e. The fourth-order valence-corrected chi connectivity index (χ4v) is 3.48. The zero-order valence-corrected chi connectivity index (χ0v) is 17.3. The standard InChI is InChI=1S/C21H29N5O2/c1-14-7-6-8-18(15(14)2)26-13-16(11-20(26)28)17-12-19(27)23-21(22-17)25(5)10-9-24(3)4/h6-8,12,16H,9-11,13H2,1-5H3,(H,22,23,27). The van der Waals surface area contributed by atoms with Crippen LogP contribution in [0.5, 0.6) is 0 Å². The number of carbonyl (C=O) groups excluding carboxylic acids is 1. The van der Waals surface area contributed by atoms with Gasteiger partial charge in [0.1, 0.15) is 0 Å². The molecule has 1 unspecified atom stereocenters. The minimum atomic E-state index is -0.186. The van der Waals surface area contributed by atoms with Gasteiger partial charge in [-0.3, -0.25) is 14.6 Å². The second-order valence-electron chi connectivity index (χ2n) is 7.84. The second-order valence-corrected chi connectivity index (χ2v) is 7.84. The van der Waals surface area contributed by atoms with Crippen molar-refractivity contribution in [1.82, 2.24) is 14.9 Å². The number of likely N-dealkylation sites (N-methyl/N-ethyl adjacent to an activating group) is 2.